The number of rotatable bonds is 0. The van der Waals surface area contributed by atoms with Gasteiger partial charge in [-0.05, 0) is 31.2 Å². The maximum Gasteiger partial charge on any atom is 0.0452 e. The first kappa shape index (κ1) is 8.85. The first-order valence-corrected chi connectivity index (χ1v) is 4.40. The van der Waals surface area contributed by atoms with Gasteiger partial charge in [-0.1, -0.05) is 19.9 Å². The SMILES string of the molecule is CC.Cc1cccc2cccn12. The topological polar surface area (TPSA) is 4.41 Å². The first-order valence-electron chi connectivity index (χ1n) is 4.40. The molecule has 0 amide bonds. The summed E-state index contributed by atoms with van der Waals surface area (Å²) in [5.41, 5.74) is 2.54. The molecule has 0 saturated heterocycles. The van der Waals surface area contributed by atoms with Gasteiger partial charge in [0.05, 0.1) is 0 Å². The number of hydrogen-bond donors (Lipinski definition) is 0. The summed E-state index contributed by atoms with van der Waals surface area (Å²) in [6.45, 7) is 6.10. The highest BCUT2D eigenvalue weighted by atomic mass is 14.9. The highest BCUT2D eigenvalue weighted by Gasteiger charge is 1.90. The van der Waals surface area contributed by atoms with Gasteiger partial charge in [0, 0.05) is 17.4 Å². The number of nitrogens with zero attached hydrogens (tertiary/aromatic N) is 1. The number of aryl methyl sites for hydroxylation is 1. The van der Waals surface area contributed by atoms with Crippen LogP contribution >= 0.6 is 0 Å². The van der Waals surface area contributed by atoms with E-state index < -0.39 is 0 Å². The van der Waals surface area contributed by atoms with Crippen molar-refractivity contribution in [3.05, 3.63) is 42.2 Å². The van der Waals surface area contributed by atoms with Crippen molar-refractivity contribution in [2.75, 3.05) is 0 Å². The molecule has 0 aromatic carbocycles. The second-order valence-corrected chi connectivity index (χ2v) is 2.47. The van der Waals surface area contributed by atoms with E-state index in [1.54, 1.807) is 0 Å². The van der Waals surface area contributed by atoms with Crippen molar-refractivity contribution in [1.82, 2.24) is 4.40 Å². The van der Waals surface area contributed by atoms with Gasteiger partial charge in [-0.15, -0.1) is 0 Å². The van der Waals surface area contributed by atoms with Crippen molar-refractivity contribution in [2.45, 2.75) is 20.8 Å². The van der Waals surface area contributed by atoms with Crippen LogP contribution in [0.4, 0.5) is 0 Å². The molecule has 0 bridgehead atoms. The van der Waals surface area contributed by atoms with E-state index in [0.717, 1.165) is 0 Å². The van der Waals surface area contributed by atoms with Crippen molar-refractivity contribution in [3.8, 4) is 0 Å². The van der Waals surface area contributed by atoms with Crippen LogP contribution in [-0.4, -0.2) is 4.40 Å². The van der Waals surface area contributed by atoms with Crippen LogP contribution < -0.4 is 0 Å². The molecule has 2 aromatic heterocycles. The molecule has 0 radical (unpaired) electrons. The van der Waals surface area contributed by atoms with Gasteiger partial charge < -0.3 is 4.40 Å². The van der Waals surface area contributed by atoms with Crippen LogP contribution in [0.5, 0.6) is 0 Å². The molecule has 0 aliphatic heterocycles. The average molecular weight is 161 g/mol. The Bertz CT molecular complexity index is 347. The maximum absolute atomic E-state index is 2.17. The minimum Gasteiger partial charge on any atom is -0.321 e. The summed E-state index contributed by atoms with van der Waals surface area (Å²) >= 11 is 0. The molecule has 2 aromatic rings. The standard InChI is InChI=1S/C9H9N.C2H6/c1-8-4-2-5-9-6-3-7-10(8)9;1-2/h2-7H,1H3;1-2H3. The van der Waals surface area contributed by atoms with Crippen molar-refractivity contribution in [2.24, 2.45) is 0 Å². The Morgan fingerprint density at radius 1 is 1.00 bits per heavy atom. The fraction of sp³-hybridized carbons (Fsp3) is 0.273. The predicted molar refractivity (Wildman–Crippen MR) is 53.5 cm³/mol. The lowest BCUT2D eigenvalue weighted by atomic mass is 10.3. The summed E-state index contributed by atoms with van der Waals surface area (Å²) in [7, 11) is 0. The largest absolute Gasteiger partial charge is 0.321 e. The van der Waals surface area contributed by atoms with E-state index in [4.69, 9.17) is 0 Å². The quantitative estimate of drug-likeness (QED) is 0.558. The van der Waals surface area contributed by atoms with E-state index >= 15 is 0 Å². The summed E-state index contributed by atoms with van der Waals surface area (Å²) in [6, 6.07) is 10.4. The van der Waals surface area contributed by atoms with Crippen LogP contribution in [0, 0.1) is 6.92 Å². The zero-order valence-corrected chi connectivity index (χ0v) is 7.91. The minimum atomic E-state index is 1.26. The molecule has 0 fully saturated rings. The van der Waals surface area contributed by atoms with Crippen LogP contribution in [0.2, 0.25) is 0 Å². The fourth-order valence-electron chi connectivity index (χ4n) is 1.22. The predicted octanol–water partition coefficient (Wildman–Crippen LogP) is 3.27. The Morgan fingerprint density at radius 3 is 2.33 bits per heavy atom. The Hall–Kier alpha value is -1.24. The number of hydrogen-bond acceptors (Lipinski definition) is 0. The lowest BCUT2D eigenvalue weighted by Gasteiger charge is -1.97. The smallest absolute Gasteiger partial charge is 0.0452 e. The number of aromatic nitrogens is 1. The van der Waals surface area contributed by atoms with Gasteiger partial charge in [0.2, 0.25) is 0 Å². The molecule has 0 saturated carbocycles. The highest BCUT2D eigenvalue weighted by molar-refractivity contribution is 5.48. The van der Waals surface area contributed by atoms with E-state index in [-0.39, 0.29) is 0 Å². The van der Waals surface area contributed by atoms with Gasteiger partial charge in [-0.25, -0.2) is 0 Å². The molecule has 0 aliphatic carbocycles. The third-order valence-electron chi connectivity index (χ3n) is 1.76. The van der Waals surface area contributed by atoms with Gasteiger partial charge in [-0.3, -0.25) is 0 Å². The van der Waals surface area contributed by atoms with Crippen LogP contribution in [0.25, 0.3) is 5.52 Å². The molecule has 1 heteroatoms. The Labute approximate surface area is 73.7 Å². The monoisotopic (exact) mass is 161 g/mol. The van der Waals surface area contributed by atoms with Crippen molar-refractivity contribution >= 4 is 5.52 Å². The second kappa shape index (κ2) is 3.96. The van der Waals surface area contributed by atoms with Gasteiger partial charge in [0.1, 0.15) is 0 Å². The van der Waals surface area contributed by atoms with Crippen molar-refractivity contribution in [3.63, 3.8) is 0 Å². The van der Waals surface area contributed by atoms with Gasteiger partial charge in [0.15, 0.2) is 0 Å². The Morgan fingerprint density at radius 2 is 1.67 bits per heavy atom. The Kier molecular flexibility index (Phi) is 2.92. The van der Waals surface area contributed by atoms with E-state index in [0.29, 0.717) is 0 Å². The summed E-state index contributed by atoms with van der Waals surface area (Å²) < 4.78 is 2.17. The molecule has 0 atom stereocenters. The van der Waals surface area contributed by atoms with Crippen molar-refractivity contribution < 1.29 is 0 Å². The molecule has 0 unspecified atom stereocenters. The first-order chi connectivity index (χ1) is 5.88. The third kappa shape index (κ3) is 1.50. The Balaban J connectivity index is 0.000000336. The normalized spacial score (nSPS) is 9.25. The molecular formula is C11H15N. The van der Waals surface area contributed by atoms with Gasteiger partial charge >= 0.3 is 0 Å². The maximum atomic E-state index is 2.17. The van der Waals surface area contributed by atoms with Gasteiger partial charge in [0.25, 0.3) is 0 Å². The molecule has 0 N–H and O–H groups in total. The van der Waals surface area contributed by atoms with Crippen LogP contribution in [0.15, 0.2) is 36.5 Å². The van der Waals surface area contributed by atoms with E-state index in [1.807, 2.05) is 13.8 Å². The third-order valence-corrected chi connectivity index (χ3v) is 1.76. The van der Waals surface area contributed by atoms with Crippen LogP contribution in [0.3, 0.4) is 0 Å². The van der Waals surface area contributed by atoms with Crippen LogP contribution in [-0.2, 0) is 0 Å². The zero-order chi connectivity index (χ0) is 8.97. The molecule has 1 nitrogen and oxygen atoms in total. The average Bonchev–Trinajstić information content (AvgIpc) is 2.57. The molecule has 2 heterocycles. The van der Waals surface area contributed by atoms with E-state index in [2.05, 4.69) is 47.9 Å². The lowest BCUT2D eigenvalue weighted by molar-refractivity contribution is 1.10. The molecular weight excluding hydrogens is 146 g/mol. The molecule has 64 valence electrons. The molecule has 0 spiro atoms. The second-order valence-electron chi connectivity index (χ2n) is 2.47. The van der Waals surface area contributed by atoms with Gasteiger partial charge in [-0.2, -0.15) is 0 Å². The minimum absolute atomic E-state index is 1.26. The van der Waals surface area contributed by atoms with E-state index in [1.165, 1.54) is 11.2 Å². The molecule has 2 rings (SSSR count). The number of fused-ring (bicyclic) bond motifs is 1. The van der Waals surface area contributed by atoms with Crippen LogP contribution in [0.1, 0.15) is 19.5 Å². The zero-order valence-electron chi connectivity index (χ0n) is 7.91. The summed E-state index contributed by atoms with van der Waals surface area (Å²) in [6.07, 6.45) is 2.07. The van der Waals surface area contributed by atoms with E-state index in [9.17, 15) is 0 Å². The summed E-state index contributed by atoms with van der Waals surface area (Å²) in [5.74, 6) is 0. The number of pyridine rings is 1. The molecule has 0 aliphatic rings. The van der Waals surface area contributed by atoms with Crippen molar-refractivity contribution in [1.29, 1.82) is 0 Å². The summed E-state index contributed by atoms with van der Waals surface area (Å²) in [5, 5.41) is 0. The lowest BCUT2D eigenvalue weighted by Crippen LogP contribution is -1.85. The highest BCUT2D eigenvalue weighted by Crippen LogP contribution is 2.06. The fourth-order valence-corrected chi connectivity index (χ4v) is 1.22. The summed E-state index contributed by atoms with van der Waals surface area (Å²) in [4.78, 5) is 0. The molecule has 12 heavy (non-hydrogen) atoms.